The van der Waals surface area contributed by atoms with Gasteiger partial charge in [-0.2, -0.15) is 0 Å². The SMILES string of the molecule is C[C@H]1CN(CC2CCOC2)C[C@@H]1NC(=O)c1cc(C2CC2)on1. The van der Waals surface area contributed by atoms with E-state index in [0.29, 0.717) is 23.4 Å². The highest BCUT2D eigenvalue weighted by Gasteiger charge is 2.34. The Hall–Kier alpha value is -1.40. The molecule has 3 fully saturated rings. The summed E-state index contributed by atoms with van der Waals surface area (Å²) in [6.45, 7) is 7.00. The maximum absolute atomic E-state index is 12.4. The maximum atomic E-state index is 12.4. The van der Waals surface area contributed by atoms with Crippen LogP contribution in [-0.2, 0) is 4.74 Å². The van der Waals surface area contributed by atoms with E-state index in [1.165, 1.54) is 0 Å². The maximum Gasteiger partial charge on any atom is 0.273 e. The normalized spacial score (nSPS) is 31.6. The van der Waals surface area contributed by atoms with Crippen LogP contribution >= 0.6 is 0 Å². The Morgan fingerprint density at radius 2 is 2.26 bits per heavy atom. The first-order valence-electron chi connectivity index (χ1n) is 8.76. The van der Waals surface area contributed by atoms with Gasteiger partial charge in [-0.1, -0.05) is 12.1 Å². The summed E-state index contributed by atoms with van der Waals surface area (Å²) >= 11 is 0. The van der Waals surface area contributed by atoms with Gasteiger partial charge in [0, 0.05) is 44.3 Å². The highest BCUT2D eigenvalue weighted by molar-refractivity contribution is 5.92. The fraction of sp³-hybridized carbons (Fsp3) is 0.765. The molecule has 6 heteroatoms. The van der Waals surface area contributed by atoms with Gasteiger partial charge in [0.05, 0.1) is 6.61 Å². The third-order valence-corrected chi connectivity index (χ3v) is 5.29. The molecule has 1 unspecified atom stereocenters. The third-order valence-electron chi connectivity index (χ3n) is 5.29. The van der Waals surface area contributed by atoms with Crippen LogP contribution < -0.4 is 5.32 Å². The molecule has 3 heterocycles. The first-order valence-corrected chi connectivity index (χ1v) is 8.76. The number of hydrogen-bond donors (Lipinski definition) is 1. The summed E-state index contributed by atoms with van der Waals surface area (Å²) in [5, 5.41) is 7.07. The number of rotatable bonds is 5. The summed E-state index contributed by atoms with van der Waals surface area (Å²) in [7, 11) is 0. The van der Waals surface area contributed by atoms with E-state index < -0.39 is 0 Å². The van der Waals surface area contributed by atoms with E-state index in [1.807, 2.05) is 0 Å². The zero-order valence-corrected chi connectivity index (χ0v) is 13.7. The molecule has 1 aromatic rings. The second-order valence-corrected chi connectivity index (χ2v) is 7.39. The van der Waals surface area contributed by atoms with Gasteiger partial charge in [0.1, 0.15) is 5.76 Å². The van der Waals surface area contributed by atoms with Crippen molar-refractivity contribution in [3.63, 3.8) is 0 Å². The van der Waals surface area contributed by atoms with Crippen molar-refractivity contribution in [2.75, 3.05) is 32.8 Å². The molecule has 4 rings (SSSR count). The summed E-state index contributed by atoms with van der Waals surface area (Å²) in [4.78, 5) is 14.8. The van der Waals surface area contributed by atoms with E-state index in [1.54, 1.807) is 6.07 Å². The lowest BCUT2D eigenvalue weighted by Gasteiger charge is -2.19. The summed E-state index contributed by atoms with van der Waals surface area (Å²) in [5.41, 5.74) is 0.418. The van der Waals surface area contributed by atoms with E-state index in [-0.39, 0.29) is 11.9 Å². The lowest BCUT2D eigenvalue weighted by Crippen LogP contribution is -2.40. The smallest absolute Gasteiger partial charge is 0.273 e. The molecule has 1 saturated carbocycles. The molecule has 6 nitrogen and oxygen atoms in total. The number of amides is 1. The lowest BCUT2D eigenvalue weighted by atomic mass is 10.1. The van der Waals surface area contributed by atoms with Gasteiger partial charge < -0.3 is 19.5 Å². The highest BCUT2D eigenvalue weighted by atomic mass is 16.5. The standard InChI is InChI=1S/C17H25N3O3/c1-11-7-20(8-12-4-5-22-10-12)9-15(11)18-17(21)14-6-16(23-19-14)13-2-3-13/h6,11-13,15H,2-5,7-10H2,1H3,(H,18,21)/t11-,12?,15-/m0/s1. The second-order valence-electron chi connectivity index (χ2n) is 7.39. The Kier molecular flexibility index (Phi) is 4.11. The van der Waals surface area contributed by atoms with E-state index in [4.69, 9.17) is 9.26 Å². The van der Waals surface area contributed by atoms with Crippen LogP contribution in [0.3, 0.4) is 0 Å². The van der Waals surface area contributed by atoms with Gasteiger partial charge in [0.25, 0.3) is 5.91 Å². The molecular weight excluding hydrogens is 294 g/mol. The molecule has 0 aromatic carbocycles. The van der Waals surface area contributed by atoms with E-state index in [9.17, 15) is 4.79 Å². The van der Waals surface area contributed by atoms with Crippen LogP contribution in [0.4, 0.5) is 0 Å². The van der Waals surface area contributed by atoms with E-state index >= 15 is 0 Å². The fourth-order valence-corrected chi connectivity index (χ4v) is 3.70. The van der Waals surface area contributed by atoms with Crippen LogP contribution in [0.25, 0.3) is 0 Å². The molecule has 0 bridgehead atoms. The molecule has 126 valence electrons. The average Bonchev–Trinajstić information content (AvgIpc) is 2.94. The van der Waals surface area contributed by atoms with Crippen LogP contribution in [0, 0.1) is 11.8 Å². The van der Waals surface area contributed by atoms with Crippen molar-refractivity contribution in [1.29, 1.82) is 0 Å². The predicted molar refractivity (Wildman–Crippen MR) is 84.3 cm³/mol. The molecule has 1 aromatic heterocycles. The van der Waals surface area contributed by atoms with Crippen molar-refractivity contribution >= 4 is 5.91 Å². The number of carbonyl (C=O) groups excluding carboxylic acids is 1. The van der Waals surface area contributed by atoms with Crippen molar-refractivity contribution in [2.45, 2.75) is 38.1 Å². The third kappa shape index (κ3) is 3.43. The molecule has 1 amide bonds. The molecule has 0 spiro atoms. The van der Waals surface area contributed by atoms with Crippen LogP contribution in [0.1, 0.15) is 48.4 Å². The fourth-order valence-electron chi connectivity index (χ4n) is 3.70. The van der Waals surface area contributed by atoms with Crippen molar-refractivity contribution in [3.8, 4) is 0 Å². The van der Waals surface area contributed by atoms with Gasteiger partial charge in [-0.25, -0.2) is 0 Å². The first-order chi connectivity index (χ1) is 11.2. The average molecular weight is 319 g/mol. The van der Waals surface area contributed by atoms with Crippen LogP contribution in [0.15, 0.2) is 10.6 Å². The number of aromatic nitrogens is 1. The molecule has 1 aliphatic carbocycles. The molecule has 2 saturated heterocycles. The minimum atomic E-state index is -0.108. The molecule has 3 aliphatic rings. The Bertz CT molecular complexity index is 563. The monoisotopic (exact) mass is 319 g/mol. The summed E-state index contributed by atoms with van der Waals surface area (Å²) in [6, 6.07) is 1.99. The summed E-state index contributed by atoms with van der Waals surface area (Å²) < 4.78 is 10.7. The summed E-state index contributed by atoms with van der Waals surface area (Å²) in [5.74, 6) is 2.34. The lowest BCUT2D eigenvalue weighted by molar-refractivity contribution is 0.0921. The zero-order valence-electron chi connectivity index (χ0n) is 13.7. The summed E-state index contributed by atoms with van der Waals surface area (Å²) in [6.07, 6.45) is 3.45. The van der Waals surface area contributed by atoms with Gasteiger partial charge in [-0.05, 0) is 31.1 Å². The molecular formula is C17H25N3O3. The van der Waals surface area contributed by atoms with Crippen molar-refractivity contribution in [3.05, 3.63) is 17.5 Å². The Labute approximate surface area is 136 Å². The first kappa shape index (κ1) is 15.1. The van der Waals surface area contributed by atoms with E-state index in [2.05, 4.69) is 22.3 Å². The number of likely N-dealkylation sites (tertiary alicyclic amines) is 1. The predicted octanol–water partition coefficient (Wildman–Crippen LogP) is 1.64. The van der Waals surface area contributed by atoms with Gasteiger partial charge >= 0.3 is 0 Å². The topological polar surface area (TPSA) is 67.6 Å². The second kappa shape index (κ2) is 6.24. The van der Waals surface area contributed by atoms with Crippen molar-refractivity contribution in [1.82, 2.24) is 15.4 Å². The van der Waals surface area contributed by atoms with E-state index in [0.717, 1.165) is 57.9 Å². The minimum Gasteiger partial charge on any atom is -0.381 e. The van der Waals surface area contributed by atoms with Crippen LogP contribution in [-0.4, -0.2) is 54.9 Å². The quantitative estimate of drug-likeness (QED) is 0.893. The van der Waals surface area contributed by atoms with Crippen molar-refractivity contribution in [2.24, 2.45) is 11.8 Å². The zero-order chi connectivity index (χ0) is 15.8. The Morgan fingerprint density at radius 1 is 1.39 bits per heavy atom. The molecule has 2 aliphatic heterocycles. The van der Waals surface area contributed by atoms with Crippen LogP contribution in [0.2, 0.25) is 0 Å². The van der Waals surface area contributed by atoms with Crippen LogP contribution in [0.5, 0.6) is 0 Å². The van der Waals surface area contributed by atoms with Crippen molar-refractivity contribution < 1.29 is 14.1 Å². The number of carbonyl (C=O) groups is 1. The number of ether oxygens (including phenoxy) is 1. The molecule has 1 N–H and O–H groups in total. The minimum absolute atomic E-state index is 0.108. The molecule has 3 atom stereocenters. The Balaban J connectivity index is 1.31. The molecule has 23 heavy (non-hydrogen) atoms. The number of nitrogens with zero attached hydrogens (tertiary/aromatic N) is 2. The largest absolute Gasteiger partial charge is 0.381 e. The van der Waals surface area contributed by atoms with Gasteiger partial charge in [-0.15, -0.1) is 0 Å². The van der Waals surface area contributed by atoms with Gasteiger partial charge in [0.15, 0.2) is 5.69 Å². The highest BCUT2D eigenvalue weighted by Crippen LogP contribution is 2.40. The van der Waals surface area contributed by atoms with Gasteiger partial charge in [0.2, 0.25) is 0 Å². The Morgan fingerprint density at radius 3 is 3.00 bits per heavy atom. The molecule has 0 radical (unpaired) electrons. The van der Waals surface area contributed by atoms with Gasteiger partial charge in [-0.3, -0.25) is 4.79 Å². The number of hydrogen-bond acceptors (Lipinski definition) is 5. The number of nitrogens with one attached hydrogen (secondary N) is 1.